The molecule has 35 heavy (non-hydrogen) atoms. The van der Waals surface area contributed by atoms with Crippen molar-refractivity contribution in [3.05, 3.63) is 0 Å². The van der Waals surface area contributed by atoms with Crippen LogP contribution in [0, 0.1) is 5.92 Å². The van der Waals surface area contributed by atoms with E-state index in [9.17, 15) is 28.8 Å². The molecule has 1 aliphatic rings. The van der Waals surface area contributed by atoms with Crippen molar-refractivity contribution in [2.24, 2.45) is 22.4 Å². The number of rotatable bonds is 14. The second-order valence-electron chi connectivity index (χ2n) is 8.77. The molecule has 5 amide bonds. The molecule has 0 aromatic heterocycles. The number of hydrogen-bond acceptors (Lipinski definition) is 9. The van der Waals surface area contributed by atoms with Crippen molar-refractivity contribution in [2.75, 3.05) is 6.54 Å². The topological polar surface area (TPSA) is 227 Å². The molecule has 1 rings (SSSR count). The van der Waals surface area contributed by atoms with Crippen LogP contribution in [-0.2, 0) is 24.0 Å². The first-order chi connectivity index (χ1) is 16.5. The van der Waals surface area contributed by atoms with E-state index in [0.29, 0.717) is 32.0 Å². The van der Waals surface area contributed by atoms with Crippen LogP contribution in [0.3, 0.4) is 0 Å². The minimum atomic E-state index is -1.22. The Labute approximate surface area is 203 Å². The van der Waals surface area contributed by atoms with E-state index in [2.05, 4.69) is 31.6 Å². The zero-order chi connectivity index (χ0) is 26.5. The molecule has 1 heterocycles. The Hall–Kier alpha value is -3.71. The zero-order valence-electron chi connectivity index (χ0n) is 20.2. The van der Waals surface area contributed by atoms with Gasteiger partial charge in [0.15, 0.2) is 5.96 Å². The summed E-state index contributed by atoms with van der Waals surface area (Å²) in [5, 5.41) is 12.8. The Balaban J connectivity index is 3.06. The molecule has 0 aliphatic carbocycles. The van der Waals surface area contributed by atoms with Crippen LogP contribution in [0.4, 0.5) is 4.79 Å². The highest BCUT2D eigenvalue weighted by Crippen LogP contribution is 2.08. The van der Waals surface area contributed by atoms with Gasteiger partial charge in [0.05, 0.1) is 18.1 Å². The number of amides is 5. The molecule has 0 aromatic rings. The van der Waals surface area contributed by atoms with Crippen molar-refractivity contribution in [1.82, 2.24) is 26.6 Å². The lowest BCUT2D eigenvalue weighted by Gasteiger charge is -2.32. The highest BCUT2D eigenvalue weighted by atomic mass is 16.2. The average molecular weight is 497 g/mol. The molecule has 196 valence electrons. The Kier molecular flexibility index (Phi) is 12.2. The first kappa shape index (κ1) is 29.3. The Morgan fingerprint density at radius 2 is 1.74 bits per heavy atom. The third-order valence-corrected chi connectivity index (χ3v) is 5.12. The van der Waals surface area contributed by atoms with Gasteiger partial charge < -0.3 is 47.6 Å². The minimum absolute atomic E-state index is 0.0784. The van der Waals surface area contributed by atoms with Gasteiger partial charge in [-0.15, -0.1) is 0 Å². The number of carbonyl (C=O) groups is 6. The number of aliphatic imine (C=N–C) groups is 1. The van der Waals surface area contributed by atoms with Gasteiger partial charge >= 0.3 is 6.03 Å². The van der Waals surface area contributed by atoms with Crippen molar-refractivity contribution in [3.63, 3.8) is 0 Å². The molecule has 0 aromatic carbocycles. The third-order valence-electron chi connectivity index (χ3n) is 5.12. The van der Waals surface area contributed by atoms with Gasteiger partial charge in [0.2, 0.25) is 17.7 Å². The van der Waals surface area contributed by atoms with E-state index in [0.717, 1.165) is 0 Å². The molecule has 14 nitrogen and oxygen atoms in total. The maximum Gasteiger partial charge on any atom is 0.316 e. The lowest BCUT2D eigenvalue weighted by atomic mass is 10.0. The van der Waals surface area contributed by atoms with Crippen LogP contribution in [-0.4, -0.2) is 79.0 Å². The molecule has 0 radical (unpaired) electrons. The van der Waals surface area contributed by atoms with Crippen LogP contribution in [0.5, 0.6) is 0 Å². The Bertz CT molecular complexity index is 818. The number of nitrogens with zero attached hydrogens (tertiary/aromatic N) is 1. The summed E-state index contributed by atoms with van der Waals surface area (Å²) in [4.78, 5) is 75.9. The SMILES string of the molecule is CC(C)C[C@@H](C=O)NC(=O)N[C@H](C(=O)N[C@@H](CCC(N)=O)C(=O)N[C@@H](C)C=O)[C@@H]1CCN=C(N)N1. The summed E-state index contributed by atoms with van der Waals surface area (Å²) in [5.41, 5.74) is 10.9. The van der Waals surface area contributed by atoms with Crippen molar-refractivity contribution in [3.8, 4) is 0 Å². The summed E-state index contributed by atoms with van der Waals surface area (Å²) in [6, 6.07) is -5.45. The molecule has 0 unspecified atom stereocenters. The maximum atomic E-state index is 13.2. The van der Waals surface area contributed by atoms with Gasteiger partial charge in [0, 0.05) is 13.0 Å². The standard InChI is InChI=1S/C21H36N8O6/c1-11(2)8-13(10-31)26-21(35)29-17(14-6-7-24-20(23)28-14)19(34)27-15(4-5-16(22)32)18(33)25-12(3)9-30/h9-15,17H,4-8H2,1-3H3,(H2,22,32)(H,25,33)(H,27,34)(H3,23,24,28)(H2,26,29,35)/t12-,13-,14-,15-,17-/m0/s1. The van der Waals surface area contributed by atoms with Crippen molar-refractivity contribution in [1.29, 1.82) is 0 Å². The normalized spacial score (nSPS) is 18.5. The summed E-state index contributed by atoms with van der Waals surface area (Å²) < 4.78 is 0. The van der Waals surface area contributed by atoms with Gasteiger partial charge in [-0.05, 0) is 32.1 Å². The van der Waals surface area contributed by atoms with Crippen LogP contribution in [0.1, 0.15) is 46.5 Å². The monoisotopic (exact) mass is 496 g/mol. The smallest absolute Gasteiger partial charge is 0.316 e. The number of hydrogen-bond donors (Lipinski definition) is 7. The van der Waals surface area contributed by atoms with E-state index in [1.807, 2.05) is 13.8 Å². The van der Waals surface area contributed by atoms with Gasteiger partial charge in [-0.25, -0.2) is 4.79 Å². The van der Waals surface area contributed by atoms with Crippen molar-refractivity contribution < 1.29 is 28.8 Å². The fraction of sp³-hybridized carbons (Fsp3) is 0.667. The number of primary amides is 1. The maximum absolute atomic E-state index is 13.2. The number of nitrogens with two attached hydrogens (primary N) is 2. The number of urea groups is 1. The highest BCUT2D eigenvalue weighted by molar-refractivity contribution is 5.94. The molecule has 0 fully saturated rings. The van der Waals surface area contributed by atoms with Gasteiger partial charge in [0.25, 0.3) is 0 Å². The fourth-order valence-electron chi connectivity index (χ4n) is 3.41. The van der Waals surface area contributed by atoms with Gasteiger partial charge in [-0.2, -0.15) is 0 Å². The first-order valence-electron chi connectivity index (χ1n) is 11.4. The fourth-order valence-corrected chi connectivity index (χ4v) is 3.41. The van der Waals surface area contributed by atoms with E-state index >= 15 is 0 Å². The molecule has 1 aliphatic heterocycles. The number of guanidine groups is 1. The van der Waals surface area contributed by atoms with E-state index in [-0.39, 0.29) is 24.7 Å². The molecule has 0 bridgehead atoms. The molecule has 0 saturated carbocycles. The molecule has 9 N–H and O–H groups in total. The third kappa shape index (κ3) is 10.8. The second kappa shape index (κ2) is 14.5. The zero-order valence-corrected chi connectivity index (χ0v) is 20.2. The lowest BCUT2D eigenvalue weighted by molar-refractivity contribution is -0.131. The van der Waals surface area contributed by atoms with Crippen LogP contribution >= 0.6 is 0 Å². The van der Waals surface area contributed by atoms with Crippen LogP contribution < -0.4 is 38.1 Å². The number of carbonyl (C=O) groups excluding carboxylic acids is 6. The van der Waals surface area contributed by atoms with E-state index in [4.69, 9.17) is 11.5 Å². The highest BCUT2D eigenvalue weighted by Gasteiger charge is 2.34. The summed E-state index contributed by atoms with van der Waals surface area (Å²) in [5.74, 6) is -1.91. The number of aldehydes is 2. The van der Waals surface area contributed by atoms with Crippen molar-refractivity contribution in [2.45, 2.75) is 76.7 Å². The summed E-state index contributed by atoms with van der Waals surface area (Å²) in [7, 11) is 0. The van der Waals surface area contributed by atoms with Crippen LogP contribution in [0.25, 0.3) is 0 Å². The Morgan fingerprint density at radius 1 is 1.06 bits per heavy atom. The molecule has 0 saturated heterocycles. The molecular formula is C21H36N8O6. The number of nitrogens with one attached hydrogen (secondary N) is 5. The van der Waals surface area contributed by atoms with E-state index in [1.165, 1.54) is 6.92 Å². The molecule has 0 spiro atoms. The van der Waals surface area contributed by atoms with Gasteiger partial charge in [-0.1, -0.05) is 13.8 Å². The van der Waals surface area contributed by atoms with E-state index < -0.39 is 54.0 Å². The lowest BCUT2D eigenvalue weighted by Crippen LogP contribution is -2.64. The molecular weight excluding hydrogens is 460 g/mol. The van der Waals surface area contributed by atoms with Gasteiger partial charge in [0.1, 0.15) is 24.7 Å². The van der Waals surface area contributed by atoms with Crippen molar-refractivity contribution >= 4 is 42.3 Å². The predicted octanol–water partition coefficient (Wildman–Crippen LogP) is -2.60. The molecule has 5 atom stereocenters. The predicted molar refractivity (Wildman–Crippen MR) is 127 cm³/mol. The van der Waals surface area contributed by atoms with Crippen LogP contribution in [0.2, 0.25) is 0 Å². The summed E-state index contributed by atoms with van der Waals surface area (Å²) >= 11 is 0. The summed E-state index contributed by atoms with van der Waals surface area (Å²) in [6.45, 7) is 5.52. The quantitative estimate of drug-likeness (QED) is 0.126. The second-order valence-corrected chi connectivity index (χ2v) is 8.77. The van der Waals surface area contributed by atoms with Gasteiger partial charge in [-0.3, -0.25) is 19.4 Å². The Morgan fingerprint density at radius 3 is 2.29 bits per heavy atom. The summed E-state index contributed by atoms with van der Waals surface area (Å²) in [6.07, 6.45) is 1.53. The van der Waals surface area contributed by atoms with E-state index in [1.54, 1.807) is 0 Å². The molecule has 14 heteroatoms. The average Bonchev–Trinajstić information content (AvgIpc) is 2.78. The largest absolute Gasteiger partial charge is 0.370 e. The minimum Gasteiger partial charge on any atom is -0.370 e. The first-order valence-corrected chi connectivity index (χ1v) is 11.4. The van der Waals surface area contributed by atoms with Crippen LogP contribution in [0.15, 0.2) is 4.99 Å².